The smallest absolute Gasteiger partial charge is 0.506 e. The second-order valence-corrected chi connectivity index (χ2v) is 2.82. The molecule has 0 saturated carbocycles. The lowest BCUT2D eigenvalue weighted by Crippen LogP contribution is -2.18. The fourth-order valence-corrected chi connectivity index (χ4v) is 1.05. The lowest BCUT2D eigenvalue weighted by atomic mass is 10.2. The maximum absolute atomic E-state index is 11.9. The average molecular weight is 238 g/mol. The van der Waals surface area contributed by atoms with Gasteiger partial charge in [-0.05, 0) is 0 Å². The van der Waals surface area contributed by atoms with Gasteiger partial charge in [-0.25, -0.2) is 4.98 Å². The molecule has 8 heteroatoms. The van der Waals surface area contributed by atoms with Gasteiger partial charge in [-0.2, -0.15) is 0 Å². The molecule has 1 rings (SSSR count). The minimum atomic E-state index is -4.89. The Bertz CT molecular complexity index is 356. The number of hydrogen-bond acceptors (Lipinski definition) is 5. The number of nitrogens with zero attached hydrogens (tertiary/aromatic N) is 1. The molecule has 0 aliphatic heterocycles. The largest absolute Gasteiger partial charge is 0.574 e. The van der Waals surface area contributed by atoms with Crippen molar-refractivity contribution >= 4 is 0 Å². The highest BCUT2D eigenvalue weighted by molar-refractivity contribution is 5.39. The fourth-order valence-electron chi connectivity index (χ4n) is 1.05. The van der Waals surface area contributed by atoms with Gasteiger partial charge in [0.2, 0.25) is 5.88 Å². The summed E-state index contributed by atoms with van der Waals surface area (Å²) in [5, 5.41) is 18.2. The molecule has 0 saturated heterocycles. The van der Waals surface area contributed by atoms with Gasteiger partial charge in [-0.1, -0.05) is 0 Å². The predicted molar refractivity (Wildman–Crippen MR) is 46.4 cm³/mol. The van der Waals surface area contributed by atoms with Gasteiger partial charge < -0.3 is 20.7 Å². The maximum Gasteiger partial charge on any atom is 0.574 e. The number of aliphatic hydroxyl groups excluding tert-OH is 1. The van der Waals surface area contributed by atoms with Crippen LogP contribution in [0, 0.1) is 0 Å². The average Bonchev–Trinajstić information content (AvgIpc) is 2.18. The van der Waals surface area contributed by atoms with Gasteiger partial charge in [0.1, 0.15) is 5.75 Å². The summed E-state index contributed by atoms with van der Waals surface area (Å²) in [4.78, 5) is 3.36. The monoisotopic (exact) mass is 238 g/mol. The van der Waals surface area contributed by atoms with E-state index in [1.54, 1.807) is 0 Å². The van der Waals surface area contributed by atoms with E-state index < -0.39 is 24.6 Å². The summed E-state index contributed by atoms with van der Waals surface area (Å²) in [5.41, 5.74) is 4.86. The molecule has 0 unspecified atom stereocenters. The summed E-state index contributed by atoms with van der Waals surface area (Å²) in [6.45, 7) is -0.913. The summed E-state index contributed by atoms with van der Waals surface area (Å²) < 4.78 is 39.2. The van der Waals surface area contributed by atoms with Crippen molar-refractivity contribution in [3.8, 4) is 11.6 Å². The first kappa shape index (κ1) is 12.5. The van der Waals surface area contributed by atoms with Crippen LogP contribution in [0.3, 0.4) is 0 Å². The summed E-state index contributed by atoms with van der Waals surface area (Å²) >= 11 is 0. The number of rotatable bonds is 3. The molecule has 0 aliphatic carbocycles. The quantitative estimate of drug-likeness (QED) is 0.719. The van der Waals surface area contributed by atoms with Crippen LogP contribution in [-0.2, 0) is 13.2 Å². The Hall–Kier alpha value is -1.54. The maximum atomic E-state index is 11.9. The van der Waals surface area contributed by atoms with E-state index in [4.69, 9.17) is 10.8 Å². The highest BCUT2D eigenvalue weighted by Crippen LogP contribution is 2.28. The topological polar surface area (TPSA) is 88.6 Å². The van der Waals surface area contributed by atoms with Gasteiger partial charge in [-0.3, -0.25) is 0 Å². The van der Waals surface area contributed by atoms with Crippen LogP contribution in [0.2, 0.25) is 0 Å². The summed E-state index contributed by atoms with van der Waals surface area (Å²) in [6, 6.07) is 0.794. The van der Waals surface area contributed by atoms with Crippen LogP contribution in [-0.4, -0.2) is 21.6 Å². The third-order valence-electron chi connectivity index (χ3n) is 1.70. The van der Waals surface area contributed by atoms with E-state index in [0.29, 0.717) is 0 Å². The first-order chi connectivity index (χ1) is 7.37. The van der Waals surface area contributed by atoms with E-state index in [2.05, 4.69) is 9.72 Å². The van der Waals surface area contributed by atoms with Gasteiger partial charge in [0.25, 0.3) is 0 Å². The molecule has 16 heavy (non-hydrogen) atoms. The van der Waals surface area contributed by atoms with Crippen molar-refractivity contribution in [2.24, 2.45) is 5.73 Å². The van der Waals surface area contributed by atoms with Crippen molar-refractivity contribution in [2.45, 2.75) is 19.5 Å². The summed E-state index contributed by atoms with van der Waals surface area (Å²) in [7, 11) is 0. The van der Waals surface area contributed by atoms with Gasteiger partial charge >= 0.3 is 6.36 Å². The van der Waals surface area contributed by atoms with Crippen molar-refractivity contribution in [2.75, 3.05) is 0 Å². The molecule has 0 spiro atoms. The molecule has 4 N–H and O–H groups in total. The zero-order valence-corrected chi connectivity index (χ0v) is 7.95. The number of ether oxygens (including phenoxy) is 1. The minimum Gasteiger partial charge on any atom is -0.506 e. The van der Waals surface area contributed by atoms with Crippen LogP contribution in [0.5, 0.6) is 11.6 Å². The second-order valence-electron chi connectivity index (χ2n) is 2.82. The molecule has 0 radical (unpaired) electrons. The van der Waals surface area contributed by atoms with Crippen molar-refractivity contribution < 1.29 is 28.1 Å². The molecule has 0 aliphatic rings. The van der Waals surface area contributed by atoms with Gasteiger partial charge in [0.15, 0.2) is 0 Å². The van der Waals surface area contributed by atoms with E-state index >= 15 is 0 Å². The van der Waals surface area contributed by atoms with Gasteiger partial charge in [0.05, 0.1) is 12.3 Å². The number of alkyl halides is 3. The van der Waals surface area contributed by atoms with Crippen LogP contribution in [0.15, 0.2) is 6.07 Å². The Kier molecular flexibility index (Phi) is 3.55. The molecule has 0 bridgehead atoms. The molecule has 1 heterocycles. The van der Waals surface area contributed by atoms with E-state index in [9.17, 15) is 18.3 Å². The molecule has 0 aromatic carbocycles. The lowest BCUT2D eigenvalue weighted by molar-refractivity contribution is -0.276. The zero-order valence-electron chi connectivity index (χ0n) is 7.95. The first-order valence-electron chi connectivity index (χ1n) is 4.15. The highest BCUT2D eigenvalue weighted by atomic mass is 19.4. The zero-order chi connectivity index (χ0) is 12.3. The molecule has 0 atom stereocenters. The number of hydrogen-bond donors (Lipinski definition) is 3. The molecule has 90 valence electrons. The fraction of sp³-hybridized carbons (Fsp3) is 0.375. The Morgan fingerprint density at radius 1 is 1.44 bits per heavy atom. The van der Waals surface area contributed by atoms with Crippen LogP contribution in [0.1, 0.15) is 11.3 Å². The van der Waals surface area contributed by atoms with E-state index in [0.717, 1.165) is 6.07 Å². The molecule has 5 nitrogen and oxygen atoms in total. The van der Waals surface area contributed by atoms with Crippen LogP contribution >= 0.6 is 0 Å². The third-order valence-corrected chi connectivity index (χ3v) is 1.70. The van der Waals surface area contributed by atoms with Crippen LogP contribution in [0.4, 0.5) is 13.2 Å². The van der Waals surface area contributed by atoms with Gasteiger partial charge in [0, 0.05) is 18.2 Å². The number of halogens is 3. The van der Waals surface area contributed by atoms with Crippen molar-refractivity contribution in [3.63, 3.8) is 0 Å². The predicted octanol–water partition coefficient (Wildman–Crippen LogP) is 0.637. The van der Waals surface area contributed by atoms with Crippen molar-refractivity contribution in [1.82, 2.24) is 4.98 Å². The molecular formula is C8H9F3N2O3. The Labute approximate surface area is 88.3 Å². The molecule has 1 aromatic rings. The van der Waals surface area contributed by atoms with E-state index in [1.807, 2.05) is 0 Å². The normalized spacial score (nSPS) is 11.6. The van der Waals surface area contributed by atoms with Crippen molar-refractivity contribution in [1.29, 1.82) is 0 Å². The standard InChI is InChI=1S/C8H9F3N2O3/c9-8(10,11)16-6-1-4(3-14)7(15)5(2-12)13-6/h1,14-15H,2-3,12H2. The highest BCUT2D eigenvalue weighted by Gasteiger charge is 2.32. The number of pyridine rings is 1. The number of nitrogens with two attached hydrogens (primary N) is 1. The number of aliphatic hydroxyl groups is 1. The van der Waals surface area contributed by atoms with Gasteiger partial charge in [-0.15, -0.1) is 13.2 Å². The minimum absolute atomic E-state index is 0.130. The van der Waals surface area contributed by atoms with E-state index in [1.165, 1.54) is 0 Å². The Balaban J connectivity index is 3.12. The Morgan fingerprint density at radius 3 is 2.50 bits per heavy atom. The molecule has 1 aromatic heterocycles. The SMILES string of the molecule is NCc1nc(OC(F)(F)F)cc(CO)c1O. The summed E-state index contributed by atoms with van der Waals surface area (Å²) in [6.07, 6.45) is -4.89. The first-order valence-corrected chi connectivity index (χ1v) is 4.15. The second kappa shape index (κ2) is 4.54. The molecule has 0 amide bonds. The third kappa shape index (κ3) is 2.97. The summed E-state index contributed by atoms with van der Waals surface area (Å²) in [5.74, 6) is -1.20. The van der Waals surface area contributed by atoms with Crippen molar-refractivity contribution in [3.05, 3.63) is 17.3 Å². The Morgan fingerprint density at radius 2 is 2.06 bits per heavy atom. The van der Waals surface area contributed by atoms with Crippen LogP contribution < -0.4 is 10.5 Å². The lowest BCUT2D eigenvalue weighted by Gasteiger charge is -2.11. The number of aromatic nitrogens is 1. The van der Waals surface area contributed by atoms with Crippen LogP contribution in [0.25, 0.3) is 0 Å². The van der Waals surface area contributed by atoms with E-state index in [-0.39, 0.29) is 17.8 Å². The number of aromatic hydroxyl groups is 1. The molecular weight excluding hydrogens is 229 g/mol. The molecule has 0 fully saturated rings.